The number of rotatable bonds is 7. The van der Waals surface area contributed by atoms with Crippen LogP contribution in [0.2, 0.25) is 0 Å². The van der Waals surface area contributed by atoms with Crippen molar-refractivity contribution in [3.8, 4) is 0 Å². The molecular weight excluding hydrogens is 256 g/mol. The highest BCUT2D eigenvalue weighted by atomic mass is 16.4. The summed E-state index contributed by atoms with van der Waals surface area (Å²) in [5.41, 5.74) is 0. The standard InChI is InChI=1S/C15H28N2O3/c1-10(2)17(4)7-5-6-16-14(18)12-8-11(3)9-13(12)15(19)20/h10-13H,5-9H2,1-4H3,(H,16,18)(H,19,20)/t11?,12-,13+/m0/s1. The first-order chi connectivity index (χ1) is 9.32. The summed E-state index contributed by atoms with van der Waals surface area (Å²) in [6.45, 7) is 7.83. The molecule has 20 heavy (non-hydrogen) atoms. The summed E-state index contributed by atoms with van der Waals surface area (Å²) in [6, 6.07) is 0.498. The van der Waals surface area contributed by atoms with Gasteiger partial charge in [-0.1, -0.05) is 6.92 Å². The van der Waals surface area contributed by atoms with E-state index in [4.69, 9.17) is 5.11 Å². The minimum atomic E-state index is -0.839. The highest BCUT2D eigenvalue weighted by molar-refractivity contribution is 5.85. The van der Waals surface area contributed by atoms with Gasteiger partial charge in [-0.3, -0.25) is 9.59 Å². The number of hydrogen-bond acceptors (Lipinski definition) is 3. The molecule has 0 spiro atoms. The van der Waals surface area contributed by atoms with Crippen LogP contribution in [0.25, 0.3) is 0 Å². The Balaban J connectivity index is 2.33. The summed E-state index contributed by atoms with van der Waals surface area (Å²) in [4.78, 5) is 25.5. The van der Waals surface area contributed by atoms with Crippen molar-refractivity contribution in [2.45, 2.75) is 46.1 Å². The molecular formula is C15H28N2O3. The fraction of sp³-hybridized carbons (Fsp3) is 0.867. The van der Waals surface area contributed by atoms with Crippen molar-refractivity contribution in [1.82, 2.24) is 10.2 Å². The molecule has 0 aromatic heterocycles. The minimum absolute atomic E-state index is 0.0889. The fourth-order valence-electron chi connectivity index (χ4n) is 2.78. The topological polar surface area (TPSA) is 69.6 Å². The van der Waals surface area contributed by atoms with Crippen LogP contribution in [0.4, 0.5) is 0 Å². The second-order valence-electron chi connectivity index (χ2n) is 6.35. The number of nitrogens with one attached hydrogen (secondary N) is 1. The number of carboxylic acids is 1. The molecule has 0 saturated heterocycles. The first kappa shape index (κ1) is 17.0. The molecule has 0 radical (unpaired) electrons. The molecule has 0 bridgehead atoms. The molecule has 1 amide bonds. The molecule has 0 aromatic carbocycles. The Bertz CT molecular complexity index is 344. The van der Waals surface area contributed by atoms with Gasteiger partial charge in [-0.15, -0.1) is 0 Å². The lowest BCUT2D eigenvalue weighted by atomic mass is 9.95. The third-order valence-electron chi connectivity index (χ3n) is 4.32. The maximum atomic E-state index is 12.1. The Morgan fingerprint density at radius 3 is 2.45 bits per heavy atom. The number of hydrogen-bond donors (Lipinski definition) is 2. The molecule has 1 saturated carbocycles. The molecule has 5 heteroatoms. The Morgan fingerprint density at radius 1 is 1.30 bits per heavy atom. The monoisotopic (exact) mass is 284 g/mol. The SMILES string of the molecule is CC1C[C@H](C(=O)NCCCN(C)C(C)C)[C@H](C(=O)O)C1. The predicted octanol–water partition coefficient (Wildman–Crippen LogP) is 1.58. The molecule has 116 valence electrons. The molecule has 0 heterocycles. The molecule has 1 fully saturated rings. The van der Waals surface area contributed by atoms with E-state index < -0.39 is 11.9 Å². The van der Waals surface area contributed by atoms with Crippen molar-refractivity contribution in [2.75, 3.05) is 20.1 Å². The Kier molecular flexibility index (Phi) is 6.46. The van der Waals surface area contributed by atoms with Crippen molar-refractivity contribution in [2.24, 2.45) is 17.8 Å². The third-order valence-corrected chi connectivity index (χ3v) is 4.32. The highest BCUT2D eigenvalue weighted by Crippen LogP contribution is 2.36. The van der Waals surface area contributed by atoms with E-state index in [1.54, 1.807) is 0 Å². The van der Waals surface area contributed by atoms with Crippen molar-refractivity contribution < 1.29 is 14.7 Å². The van der Waals surface area contributed by atoms with Gasteiger partial charge in [0.1, 0.15) is 0 Å². The Hall–Kier alpha value is -1.10. The van der Waals surface area contributed by atoms with Gasteiger partial charge in [-0.25, -0.2) is 0 Å². The fourth-order valence-corrected chi connectivity index (χ4v) is 2.78. The van der Waals surface area contributed by atoms with Crippen LogP contribution in [0.5, 0.6) is 0 Å². The number of amides is 1. The van der Waals surface area contributed by atoms with Crippen LogP contribution in [0.3, 0.4) is 0 Å². The number of carboxylic acid groups (broad SMARTS) is 1. The van der Waals surface area contributed by atoms with Crippen LogP contribution >= 0.6 is 0 Å². The molecule has 1 aliphatic carbocycles. The van der Waals surface area contributed by atoms with Crippen molar-refractivity contribution in [3.63, 3.8) is 0 Å². The maximum absolute atomic E-state index is 12.1. The largest absolute Gasteiger partial charge is 0.481 e. The third kappa shape index (κ3) is 4.78. The van der Waals surface area contributed by atoms with Gasteiger partial charge in [0.05, 0.1) is 11.8 Å². The quantitative estimate of drug-likeness (QED) is 0.696. The van der Waals surface area contributed by atoms with Gasteiger partial charge in [0, 0.05) is 12.6 Å². The molecule has 0 aromatic rings. The van der Waals surface area contributed by atoms with E-state index in [-0.39, 0.29) is 11.8 Å². The summed E-state index contributed by atoms with van der Waals surface area (Å²) in [5.74, 6) is -1.48. The lowest BCUT2D eigenvalue weighted by molar-refractivity contribution is -0.146. The van der Waals surface area contributed by atoms with E-state index in [0.717, 1.165) is 13.0 Å². The zero-order valence-corrected chi connectivity index (χ0v) is 13.1. The maximum Gasteiger partial charge on any atom is 0.307 e. The van der Waals surface area contributed by atoms with Crippen molar-refractivity contribution >= 4 is 11.9 Å². The van der Waals surface area contributed by atoms with E-state index in [2.05, 4.69) is 31.1 Å². The van der Waals surface area contributed by atoms with Gasteiger partial charge in [-0.05, 0) is 52.6 Å². The van der Waals surface area contributed by atoms with Gasteiger partial charge < -0.3 is 15.3 Å². The zero-order valence-electron chi connectivity index (χ0n) is 13.1. The molecule has 1 unspecified atom stereocenters. The van der Waals surface area contributed by atoms with Crippen LogP contribution in [0.1, 0.15) is 40.0 Å². The lowest BCUT2D eigenvalue weighted by Crippen LogP contribution is -2.37. The molecule has 3 atom stereocenters. The van der Waals surface area contributed by atoms with Gasteiger partial charge in [0.15, 0.2) is 0 Å². The van der Waals surface area contributed by atoms with Crippen LogP contribution in [-0.2, 0) is 9.59 Å². The summed E-state index contributed by atoms with van der Waals surface area (Å²) < 4.78 is 0. The van der Waals surface area contributed by atoms with Gasteiger partial charge in [0.25, 0.3) is 0 Å². The van der Waals surface area contributed by atoms with E-state index >= 15 is 0 Å². The number of aliphatic carboxylic acids is 1. The number of nitrogens with zero attached hydrogens (tertiary/aromatic N) is 1. The van der Waals surface area contributed by atoms with E-state index in [1.165, 1.54) is 0 Å². The van der Waals surface area contributed by atoms with Crippen LogP contribution < -0.4 is 5.32 Å². The first-order valence-corrected chi connectivity index (χ1v) is 7.53. The van der Waals surface area contributed by atoms with Crippen molar-refractivity contribution in [3.05, 3.63) is 0 Å². The highest BCUT2D eigenvalue weighted by Gasteiger charge is 2.40. The second-order valence-corrected chi connectivity index (χ2v) is 6.35. The first-order valence-electron chi connectivity index (χ1n) is 7.53. The smallest absolute Gasteiger partial charge is 0.307 e. The van der Waals surface area contributed by atoms with E-state index in [9.17, 15) is 9.59 Å². The second kappa shape index (κ2) is 7.62. The van der Waals surface area contributed by atoms with Gasteiger partial charge >= 0.3 is 5.97 Å². The van der Waals surface area contributed by atoms with Gasteiger partial charge in [-0.2, -0.15) is 0 Å². The zero-order chi connectivity index (χ0) is 15.3. The molecule has 1 rings (SSSR count). The van der Waals surface area contributed by atoms with E-state index in [1.807, 2.05) is 6.92 Å². The Morgan fingerprint density at radius 2 is 1.90 bits per heavy atom. The predicted molar refractivity (Wildman–Crippen MR) is 78.4 cm³/mol. The molecule has 1 aliphatic rings. The average molecular weight is 284 g/mol. The number of carbonyl (C=O) groups is 2. The van der Waals surface area contributed by atoms with Crippen LogP contribution in [-0.4, -0.2) is 48.1 Å². The lowest BCUT2D eigenvalue weighted by Gasteiger charge is -2.21. The summed E-state index contributed by atoms with van der Waals surface area (Å²) >= 11 is 0. The van der Waals surface area contributed by atoms with Gasteiger partial charge in [0.2, 0.25) is 5.91 Å². The normalized spacial score (nSPS) is 26.2. The summed E-state index contributed by atoms with van der Waals surface area (Å²) in [5, 5.41) is 12.1. The van der Waals surface area contributed by atoms with Crippen LogP contribution in [0, 0.1) is 17.8 Å². The molecule has 5 nitrogen and oxygen atoms in total. The summed E-state index contributed by atoms with van der Waals surface area (Å²) in [7, 11) is 2.06. The van der Waals surface area contributed by atoms with Crippen LogP contribution in [0.15, 0.2) is 0 Å². The minimum Gasteiger partial charge on any atom is -0.481 e. The summed E-state index contributed by atoms with van der Waals surface area (Å²) in [6.07, 6.45) is 2.19. The average Bonchev–Trinajstić information content (AvgIpc) is 2.76. The van der Waals surface area contributed by atoms with Crippen molar-refractivity contribution in [1.29, 1.82) is 0 Å². The molecule has 0 aliphatic heterocycles. The molecule has 2 N–H and O–H groups in total. The van der Waals surface area contributed by atoms with E-state index in [0.29, 0.717) is 31.3 Å². The Labute approximate surface area is 121 Å². The number of carbonyl (C=O) groups excluding carboxylic acids is 1.